The molecule has 4 rings (SSSR count). The van der Waals surface area contributed by atoms with Gasteiger partial charge < -0.3 is 10.2 Å². The average molecular weight is 434 g/mol. The molecule has 32 heavy (non-hydrogen) atoms. The van der Waals surface area contributed by atoms with Crippen molar-refractivity contribution < 1.29 is 9.59 Å². The molecule has 0 fully saturated rings. The Balaban J connectivity index is 1.35. The Hall–Kier alpha value is -3.68. The fourth-order valence-corrected chi connectivity index (χ4v) is 3.87. The molecule has 0 atom stereocenters. The Morgan fingerprint density at radius 2 is 1.78 bits per heavy atom. The van der Waals surface area contributed by atoms with Crippen molar-refractivity contribution in [3.63, 3.8) is 0 Å². The SMILES string of the molecule is Cc1ccccc1CN1CCn2c(nn(CC(=O)NCCCc3ccccc3)c2=O)C1=O. The monoisotopic (exact) mass is 433 g/mol. The Labute approximate surface area is 186 Å². The van der Waals surface area contributed by atoms with Crippen molar-refractivity contribution in [2.24, 2.45) is 0 Å². The van der Waals surface area contributed by atoms with Gasteiger partial charge in [-0.1, -0.05) is 54.6 Å². The Bertz CT molecular complexity index is 1170. The normalized spacial score (nSPS) is 13.2. The van der Waals surface area contributed by atoms with Crippen LogP contribution >= 0.6 is 0 Å². The van der Waals surface area contributed by atoms with Crippen LogP contribution in [0.4, 0.5) is 0 Å². The molecule has 2 heterocycles. The van der Waals surface area contributed by atoms with Crippen LogP contribution in [0.2, 0.25) is 0 Å². The maximum atomic E-state index is 12.9. The number of aryl methyl sites for hydroxylation is 2. The summed E-state index contributed by atoms with van der Waals surface area (Å²) in [4.78, 5) is 39.6. The van der Waals surface area contributed by atoms with Gasteiger partial charge in [-0.2, -0.15) is 0 Å². The maximum absolute atomic E-state index is 12.9. The quantitative estimate of drug-likeness (QED) is 0.548. The number of benzene rings is 2. The van der Waals surface area contributed by atoms with Crippen molar-refractivity contribution in [2.45, 2.75) is 39.4 Å². The van der Waals surface area contributed by atoms with Crippen molar-refractivity contribution in [2.75, 3.05) is 13.1 Å². The van der Waals surface area contributed by atoms with Crippen LogP contribution in [0, 0.1) is 6.92 Å². The van der Waals surface area contributed by atoms with Gasteiger partial charge in [0.2, 0.25) is 11.7 Å². The zero-order chi connectivity index (χ0) is 22.5. The lowest BCUT2D eigenvalue weighted by Gasteiger charge is -2.27. The van der Waals surface area contributed by atoms with Crippen LogP contribution in [-0.2, 0) is 30.8 Å². The van der Waals surface area contributed by atoms with Gasteiger partial charge in [0.05, 0.1) is 0 Å². The molecule has 0 bridgehead atoms. The second kappa shape index (κ2) is 9.64. The predicted molar refractivity (Wildman–Crippen MR) is 120 cm³/mol. The number of rotatable bonds is 8. The summed E-state index contributed by atoms with van der Waals surface area (Å²) >= 11 is 0. The molecule has 1 N–H and O–H groups in total. The predicted octanol–water partition coefficient (Wildman–Crippen LogP) is 1.76. The van der Waals surface area contributed by atoms with Crippen molar-refractivity contribution in [3.05, 3.63) is 87.6 Å². The van der Waals surface area contributed by atoms with Crippen molar-refractivity contribution >= 4 is 11.8 Å². The highest BCUT2D eigenvalue weighted by molar-refractivity contribution is 5.91. The largest absolute Gasteiger partial charge is 0.354 e. The third-order valence-corrected chi connectivity index (χ3v) is 5.72. The van der Waals surface area contributed by atoms with E-state index in [2.05, 4.69) is 22.5 Å². The van der Waals surface area contributed by atoms with Gasteiger partial charge in [0.15, 0.2) is 0 Å². The first-order valence-corrected chi connectivity index (χ1v) is 10.8. The van der Waals surface area contributed by atoms with Gasteiger partial charge in [-0.15, -0.1) is 5.10 Å². The van der Waals surface area contributed by atoms with E-state index in [1.54, 1.807) is 4.90 Å². The second-order valence-electron chi connectivity index (χ2n) is 8.01. The van der Waals surface area contributed by atoms with E-state index < -0.39 is 5.69 Å². The summed E-state index contributed by atoms with van der Waals surface area (Å²) in [7, 11) is 0. The van der Waals surface area contributed by atoms with Crippen LogP contribution in [0.1, 0.15) is 33.7 Å². The minimum absolute atomic E-state index is 0.0895. The van der Waals surface area contributed by atoms with Gasteiger partial charge >= 0.3 is 5.69 Å². The molecule has 3 aromatic rings. The number of hydrogen-bond acceptors (Lipinski definition) is 4. The van der Waals surface area contributed by atoms with Gasteiger partial charge in [-0.3, -0.25) is 14.2 Å². The third kappa shape index (κ3) is 4.80. The molecule has 2 aromatic carbocycles. The molecular weight excluding hydrogens is 406 g/mol. The second-order valence-corrected chi connectivity index (χ2v) is 8.01. The summed E-state index contributed by atoms with van der Waals surface area (Å²) in [6, 6.07) is 18.0. The molecule has 1 aliphatic rings. The Morgan fingerprint density at radius 1 is 1.03 bits per heavy atom. The fraction of sp³-hybridized carbons (Fsp3) is 0.333. The molecule has 166 valence electrons. The highest BCUT2D eigenvalue weighted by Gasteiger charge is 2.30. The topological polar surface area (TPSA) is 89.2 Å². The number of carbonyl (C=O) groups excluding carboxylic acids is 2. The fourth-order valence-electron chi connectivity index (χ4n) is 3.87. The molecule has 8 heteroatoms. The first kappa shape index (κ1) is 21.5. The van der Waals surface area contributed by atoms with E-state index in [1.165, 1.54) is 10.1 Å². The highest BCUT2D eigenvalue weighted by atomic mass is 16.2. The number of fused-ring (bicyclic) bond motifs is 1. The lowest BCUT2D eigenvalue weighted by Crippen LogP contribution is -2.42. The summed E-state index contributed by atoms with van der Waals surface area (Å²) in [5, 5.41) is 7.00. The summed E-state index contributed by atoms with van der Waals surface area (Å²) in [6.45, 7) is 3.58. The molecule has 1 aromatic heterocycles. The number of amides is 2. The number of hydrogen-bond donors (Lipinski definition) is 1. The van der Waals surface area contributed by atoms with E-state index in [-0.39, 0.29) is 24.2 Å². The van der Waals surface area contributed by atoms with E-state index in [0.717, 1.165) is 28.7 Å². The van der Waals surface area contributed by atoms with E-state index in [0.29, 0.717) is 26.2 Å². The molecular formula is C24H27N5O3. The van der Waals surface area contributed by atoms with Gasteiger partial charge in [-0.25, -0.2) is 9.48 Å². The summed E-state index contributed by atoms with van der Waals surface area (Å²) < 4.78 is 2.44. The Morgan fingerprint density at radius 3 is 2.56 bits per heavy atom. The molecule has 0 spiro atoms. The van der Waals surface area contributed by atoms with Gasteiger partial charge in [0.25, 0.3) is 5.91 Å². The molecule has 0 unspecified atom stereocenters. The number of aromatic nitrogens is 3. The zero-order valence-corrected chi connectivity index (χ0v) is 18.2. The third-order valence-electron chi connectivity index (χ3n) is 5.72. The average Bonchev–Trinajstić information content (AvgIpc) is 3.11. The number of nitrogens with one attached hydrogen (secondary N) is 1. The molecule has 8 nitrogen and oxygen atoms in total. The molecule has 2 amide bonds. The lowest BCUT2D eigenvalue weighted by atomic mass is 10.1. The summed E-state index contributed by atoms with van der Waals surface area (Å²) in [5.74, 6) is -0.495. The first-order valence-electron chi connectivity index (χ1n) is 10.8. The van der Waals surface area contributed by atoms with Crippen molar-refractivity contribution in [1.82, 2.24) is 24.6 Å². The number of carbonyl (C=O) groups is 2. The van der Waals surface area contributed by atoms with Crippen molar-refractivity contribution in [3.8, 4) is 0 Å². The van der Waals surface area contributed by atoms with Crippen LogP contribution in [0.3, 0.4) is 0 Å². The van der Waals surface area contributed by atoms with E-state index in [9.17, 15) is 14.4 Å². The van der Waals surface area contributed by atoms with Gasteiger partial charge in [-0.05, 0) is 36.5 Å². The van der Waals surface area contributed by atoms with E-state index in [4.69, 9.17) is 0 Å². The van der Waals surface area contributed by atoms with Crippen LogP contribution in [-0.4, -0.2) is 44.2 Å². The molecule has 0 saturated heterocycles. The summed E-state index contributed by atoms with van der Waals surface area (Å²) in [5.41, 5.74) is 2.96. The molecule has 1 aliphatic heterocycles. The van der Waals surface area contributed by atoms with E-state index >= 15 is 0 Å². The number of nitrogens with zero attached hydrogens (tertiary/aromatic N) is 4. The van der Waals surface area contributed by atoms with Crippen molar-refractivity contribution in [1.29, 1.82) is 0 Å². The smallest absolute Gasteiger partial charge is 0.346 e. The molecule has 0 aliphatic carbocycles. The van der Waals surface area contributed by atoms with Crippen LogP contribution < -0.4 is 11.0 Å². The molecule has 0 radical (unpaired) electrons. The minimum atomic E-state index is -0.427. The van der Waals surface area contributed by atoms with Crippen LogP contribution in [0.25, 0.3) is 0 Å². The zero-order valence-electron chi connectivity index (χ0n) is 18.2. The van der Waals surface area contributed by atoms with Gasteiger partial charge in [0, 0.05) is 26.2 Å². The highest BCUT2D eigenvalue weighted by Crippen LogP contribution is 2.15. The van der Waals surface area contributed by atoms with Crippen LogP contribution in [0.15, 0.2) is 59.4 Å². The van der Waals surface area contributed by atoms with E-state index in [1.807, 2.05) is 49.4 Å². The summed E-state index contributed by atoms with van der Waals surface area (Å²) in [6.07, 6.45) is 1.67. The standard InChI is InChI=1S/C24H27N5O3/c1-18-8-5-6-12-20(18)16-27-14-15-28-22(23(27)31)26-29(24(28)32)17-21(30)25-13-7-11-19-9-3-2-4-10-19/h2-6,8-10,12H,7,11,13-17H2,1H3,(H,25,30). The maximum Gasteiger partial charge on any atom is 0.346 e. The van der Waals surface area contributed by atoms with Crippen LogP contribution in [0.5, 0.6) is 0 Å². The lowest BCUT2D eigenvalue weighted by molar-refractivity contribution is -0.121. The molecule has 0 saturated carbocycles. The Kier molecular flexibility index (Phi) is 6.49. The minimum Gasteiger partial charge on any atom is -0.354 e. The van der Waals surface area contributed by atoms with Gasteiger partial charge in [0.1, 0.15) is 6.54 Å². The first-order chi connectivity index (χ1) is 15.5.